The third-order valence-electron chi connectivity index (χ3n) is 2.55. The number of nitrogen functional groups attached to an aromatic ring is 1. The van der Waals surface area contributed by atoms with Gasteiger partial charge >= 0.3 is 0 Å². The number of aryl methyl sites for hydroxylation is 1. The molecule has 1 aromatic heterocycles. The van der Waals surface area contributed by atoms with Crippen molar-refractivity contribution in [1.29, 1.82) is 0 Å². The van der Waals surface area contributed by atoms with Gasteiger partial charge in [-0.3, -0.25) is 0 Å². The van der Waals surface area contributed by atoms with E-state index in [-0.39, 0.29) is 11.7 Å². The number of methoxy groups -OCH3 is 1. The number of aromatic nitrogens is 1. The van der Waals surface area contributed by atoms with Crippen LogP contribution in [0.5, 0.6) is 5.75 Å². The molecule has 0 aliphatic carbocycles. The Morgan fingerprint density at radius 1 is 1.41 bits per heavy atom. The van der Waals surface area contributed by atoms with Crippen molar-refractivity contribution in [3.05, 3.63) is 29.6 Å². The Morgan fingerprint density at radius 2 is 2.18 bits per heavy atom. The first kappa shape index (κ1) is 11.4. The number of hydrogen-bond donors (Lipinski definition) is 1. The SMILES string of the molecule is CCc1cc(-c2cc(N)on2)c(OC)cc1F. The highest BCUT2D eigenvalue weighted by Crippen LogP contribution is 2.32. The molecule has 2 N–H and O–H groups in total. The number of benzene rings is 1. The Labute approximate surface area is 98.2 Å². The predicted octanol–water partition coefficient (Wildman–Crippen LogP) is 2.63. The molecular weight excluding hydrogens is 223 g/mol. The molecule has 0 fully saturated rings. The molecule has 5 heteroatoms. The van der Waals surface area contributed by atoms with E-state index in [0.717, 1.165) is 0 Å². The number of ether oxygens (including phenoxy) is 1. The first-order valence-electron chi connectivity index (χ1n) is 5.24. The van der Waals surface area contributed by atoms with E-state index in [0.29, 0.717) is 29.0 Å². The Morgan fingerprint density at radius 3 is 2.71 bits per heavy atom. The molecule has 0 saturated heterocycles. The normalized spacial score (nSPS) is 10.5. The Balaban J connectivity index is 2.58. The van der Waals surface area contributed by atoms with Crippen LogP contribution in [0.15, 0.2) is 22.7 Å². The Kier molecular flexibility index (Phi) is 2.99. The molecule has 0 aliphatic rings. The van der Waals surface area contributed by atoms with E-state index in [1.807, 2.05) is 6.92 Å². The van der Waals surface area contributed by atoms with Gasteiger partial charge in [-0.25, -0.2) is 4.39 Å². The molecule has 0 saturated carbocycles. The maximum Gasteiger partial charge on any atom is 0.222 e. The summed E-state index contributed by atoms with van der Waals surface area (Å²) in [6, 6.07) is 4.62. The van der Waals surface area contributed by atoms with Gasteiger partial charge in [-0.05, 0) is 18.1 Å². The summed E-state index contributed by atoms with van der Waals surface area (Å²) in [5, 5.41) is 3.80. The summed E-state index contributed by atoms with van der Waals surface area (Å²) >= 11 is 0. The average Bonchev–Trinajstić information content (AvgIpc) is 2.75. The maximum atomic E-state index is 13.6. The van der Waals surface area contributed by atoms with Crippen molar-refractivity contribution in [2.24, 2.45) is 0 Å². The van der Waals surface area contributed by atoms with Crippen molar-refractivity contribution >= 4 is 5.88 Å². The van der Waals surface area contributed by atoms with Crippen molar-refractivity contribution < 1.29 is 13.7 Å². The highest BCUT2D eigenvalue weighted by molar-refractivity contribution is 5.69. The predicted molar refractivity (Wildman–Crippen MR) is 62.2 cm³/mol. The monoisotopic (exact) mass is 236 g/mol. The molecule has 0 unspecified atom stereocenters. The smallest absolute Gasteiger partial charge is 0.222 e. The zero-order chi connectivity index (χ0) is 12.4. The molecule has 0 amide bonds. The number of rotatable bonds is 3. The lowest BCUT2D eigenvalue weighted by Gasteiger charge is -2.08. The molecule has 0 aliphatic heterocycles. The largest absolute Gasteiger partial charge is 0.496 e. The van der Waals surface area contributed by atoms with Gasteiger partial charge in [-0.15, -0.1) is 0 Å². The molecule has 2 rings (SSSR count). The number of anilines is 1. The fraction of sp³-hybridized carbons (Fsp3) is 0.250. The number of nitrogens with two attached hydrogens (primary N) is 1. The molecule has 90 valence electrons. The fourth-order valence-corrected chi connectivity index (χ4v) is 1.66. The zero-order valence-electron chi connectivity index (χ0n) is 9.66. The van der Waals surface area contributed by atoms with E-state index in [1.165, 1.54) is 13.2 Å². The molecule has 4 nitrogen and oxygen atoms in total. The van der Waals surface area contributed by atoms with Gasteiger partial charge in [0.15, 0.2) is 0 Å². The van der Waals surface area contributed by atoms with Gasteiger partial charge in [-0.2, -0.15) is 0 Å². The quantitative estimate of drug-likeness (QED) is 0.889. The second-order valence-corrected chi connectivity index (χ2v) is 3.61. The third-order valence-corrected chi connectivity index (χ3v) is 2.55. The molecule has 0 radical (unpaired) electrons. The lowest BCUT2D eigenvalue weighted by Crippen LogP contribution is -1.94. The Bertz CT molecular complexity index is 537. The standard InChI is InChI=1S/C12H13FN2O2/c1-3-7-4-8(10-6-12(14)17-15-10)11(16-2)5-9(7)13/h4-6H,3,14H2,1-2H3. The van der Waals surface area contributed by atoms with Gasteiger partial charge < -0.3 is 15.0 Å². The second-order valence-electron chi connectivity index (χ2n) is 3.61. The molecule has 0 spiro atoms. The van der Waals surface area contributed by atoms with Gasteiger partial charge in [0.2, 0.25) is 5.88 Å². The van der Waals surface area contributed by atoms with E-state index in [1.54, 1.807) is 12.1 Å². The van der Waals surface area contributed by atoms with Crippen LogP contribution in [0.4, 0.5) is 10.3 Å². The highest BCUT2D eigenvalue weighted by Gasteiger charge is 2.14. The first-order chi connectivity index (χ1) is 8.15. The van der Waals surface area contributed by atoms with E-state index in [9.17, 15) is 4.39 Å². The van der Waals surface area contributed by atoms with Crippen molar-refractivity contribution in [2.75, 3.05) is 12.8 Å². The molecule has 2 aromatic rings. The summed E-state index contributed by atoms with van der Waals surface area (Å²) in [6.07, 6.45) is 0.593. The van der Waals surface area contributed by atoms with Crippen LogP contribution in [-0.2, 0) is 6.42 Å². The summed E-state index contributed by atoms with van der Waals surface area (Å²) < 4.78 is 23.5. The van der Waals surface area contributed by atoms with E-state index < -0.39 is 0 Å². The summed E-state index contributed by atoms with van der Waals surface area (Å²) in [5.74, 6) is 0.335. The van der Waals surface area contributed by atoms with E-state index in [4.69, 9.17) is 15.0 Å². The Hall–Kier alpha value is -2.04. The van der Waals surface area contributed by atoms with Crippen LogP contribution in [0, 0.1) is 5.82 Å². The van der Waals surface area contributed by atoms with Crippen LogP contribution >= 0.6 is 0 Å². The summed E-state index contributed by atoms with van der Waals surface area (Å²) in [5.41, 5.74) is 7.27. The second kappa shape index (κ2) is 4.45. The summed E-state index contributed by atoms with van der Waals surface area (Å²) in [6.45, 7) is 1.88. The molecule has 0 bridgehead atoms. The number of hydrogen-bond acceptors (Lipinski definition) is 4. The first-order valence-corrected chi connectivity index (χ1v) is 5.24. The minimum Gasteiger partial charge on any atom is -0.496 e. The van der Waals surface area contributed by atoms with E-state index in [2.05, 4.69) is 5.16 Å². The van der Waals surface area contributed by atoms with Crippen LogP contribution < -0.4 is 10.5 Å². The molecule has 1 aromatic carbocycles. The number of halogens is 1. The van der Waals surface area contributed by atoms with Crippen molar-refractivity contribution in [2.45, 2.75) is 13.3 Å². The lowest BCUT2D eigenvalue weighted by atomic mass is 10.0. The van der Waals surface area contributed by atoms with Crippen LogP contribution in [0.1, 0.15) is 12.5 Å². The molecule has 17 heavy (non-hydrogen) atoms. The summed E-state index contributed by atoms with van der Waals surface area (Å²) in [7, 11) is 1.48. The van der Waals surface area contributed by atoms with Gasteiger partial charge in [-0.1, -0.05) is 12.1 Å². The van der Waals surface area contributed by atoms with Gasteiger partial charge in [0.05, 0.1) is 7.11 Å². The fourth-order valence-electron chi connectivity index (χ4n) is 1.66. The lowest BCUT2D eigenvalue weighted by molar-refractivity contribution is 0.410. The summed E-state index contributed by atoms with van der Waals surface area (Å²) in [4.78, 5) is 0. The highest BCUT2D eigenvalue weighted by atomic mass is 19.1. The molecular formula is C12H13FN2O2. The van der Waals surface area contributed by atoms with Gasteiger partial charge in [0, 0.05) is 17.7 Å². The minimum atomic E-state index is -0.287. The van der Waals surface area contributed by atoms with Crippen molar-refractivity contribution in [3.8, 4) is 17.0 Å². The third kappa shape index (κ3) is 2.08. The average molecular weight is 236 g/mol. The van der Waals surface area contributed by atoms with Crippen LogP contribution in [-0.4, -0.2) is 12.3 Å². The van der Waals surface area contributed by atoms with Crippen molar-refractivity contribution in [3.63, 3.8) is 0 Å². The van der Waals surface area contributed by atoms with Crippen molar-refractivity contribution in [1.82, 2.24) is 5.16 Å². The minimum absolute atomic E-state index is 0.212. The van der Waals surface area contributed by atoms with Crippen LogP contribution in [0.2, 0.25) is 0 Å². The maximum absolute atomic E-state index is 13.6. The van der Waals surface area contributed by atoms with Gasteiger partial charge in [0.25, 0.3) is 0 Å². The van der Waals surface area contributed by atoms with Gasteiger partial charge in [0.1, 0.15) is 17.3 Å². The van der Waals surface area contributed by atoms with E-state index >= 15 is 0 Å². The molecule has 1 heterocycles. The number of nitrogens with zero attached hydrogens (tertiary/aromatic N) is 1. The van der Waals surface area contributed by atoms with Crippen LogP contribution in [0.25, 0.3) is 11.3 Å². The van der Waals surface area contributed by atoms with Crippen LogP contribution in [0.3, 0.4) is 0 Å². The topological polar surface area (TPSA) is 61.3 Å². The zero-order valence-corrected chi connectivity index (χ0v) is 9.66. The molecule has 0 atom stereocenters.